The lowest BCUT2D eigenvalue weighted by molar-refractivity contribution is 0.0990. The van der Waals surface area contributed by atoms with Crippen LogP contribution in [-0.4, -0.2) is 23.9 Å². The van der Waals surface area contributed by atoms with Crippen molar-refractivity contribution in [3.8, 4) is 5.75 Å². The zero-order valence-electron chi connectivity index (χ0n) is 11.8. The van der Waals surface area contributed by atoms with Gasteiger partial charge in [-0.3, -0.25) is 0 Å². The quantitative estimate of drug-likeness (QED) is 0.816. The van der Waals surface area contributed by atoms with Crippen molar-refractivity contribution in [2.75, 3.05) is 6.61 Å². The second kappa shape index (κ2) is 6.21. The van der Waals surface area contributed by atoms with Crippen molar-refractivity contribution in [2.45, 2.75) is 51.7 Å². The molecule has 3 nitrogen and oxygen atoms in total. The molecule has 0 aliphatic heterocycles. The number of benzene rings is 1. The van der Waals surface area contributed by atoms with Crippen LogP contribution in [0.3, 0.4) is 0 Å². The highest BCUT2D eigenvalue weighted by molar-refractivity contribution is 5.31. The van der Waals surface area contributed by atoms with Crippen LogP contribution >= 0.6 is 0 Å². The third kappa shape index (κ3) is 3.72. The Hall–Kier alpha value is -1.06. The number of aliphatic hydroxyl groups excluding tert-OH is 1. The first kappa shape index (κ1) is 15.0. The molecule has 102 valence electrons. The normalized spacial score (nSPS) is 15.2. The van der Waals surface area contributed by atoms with Gasteiger partial charge in [0.2, 0.25) is 0 Å². The van der Waals surface area contributed by atoms with Crippen LogP contribution in [0.4, 0.5) is 0 Å². The van der Waals surface area contributed by atoms with Crippen LogP contribution in [0, 0.1) is 0 Å². The van der Waals surface area contributed by atoms with E-state index in [0.717, 1.165) is 12.2 Å². The first-order valence-corrected chi connectivity index (χ1v) is 6.54. The maximum Gasteiger partial charge on any atom is 0.136 e. The van der Waals surface area contributed by atoms with Crippen molar-refractivity contribution in [3.63, 3.8) is 0 Å². The monoisotopic (exact) mass is 251 g/mol. The van der Waals surface area contributed by atoms with Crippen molar-refractivity contribution in [1.82, 2.24) is 0 Å². The number of nitrogens with two attached hydrogens (primary N) is 1. The van der Waals surface area contributed by atoms with E-state index in [0.29, 0.717) is 0 Å². The minimum Gasteiger partial charge on any atom is -0.486 e. The summed E-state index contributed by atoms with van der Waals surface area (Å²) in [5.74, 6) is 0.752. The van der Waals surface area contributed by atoms with Crippen LogP contribution in [0.1, 0.15) is 39.7 Å². The molecule has 0 saturated carbocycles. The summed E-state index contributed by atoms with van der Waals surface area (Å²) >= 11 is 0. The van der Waals surface area contributed by atoms with Gasteiger partial charge in [-0.2, -0.15) is 0 Å². The van der Waals surface area contributed by atoms with Gasteiger partial charge in [0.15, 0.2) is 0 Å². The van der Waals surface area contributed by atoms with E-state index in [1.54, 1.807) is 0 Å². The van der Waals surface area contributed by atoms with Gasteiger partial charge in [-0.25, -0.2) is 0 Å². The average Bonchev–Trinajstić information content (AvgIpc) is 2.36. The Labute approximate surface area is 110 Å². The molecule has 0 bridgehead atoms. The summed E-state index contributed by atoms with van der Waals surface area (Å²) < 4.78 is 5.65. The summed E-state index contributed by atoms with van der Waals surface area (Å²) in [4.78, 5) is 0. The van der Waals surface area contributed by atoms with Gasteiger partial charge in [-0.1, -0.05) is 32.9 Å². The standard InChI is InChI=1S/C15H25NO2/c1-5-15(3,4)12-6-8-13(9-7-12)18-14(10-17)11(2)16/h6-9,11,14,17H,5,10,16H2,1-4H3. The number of aliphatic hydroxyl groups is 1. The van der Waals surface area contributed by atoms with E-state index >= 15 is 0 Å². The van der Waals surface area contributed by atoms with Gasteiger partial charge in [0.05, 0.1) is 6.61 Å². The zero-order chi connectivity index (χ0) is 13.8. The van der Waals surface area contributed by atoms with Gasteiger partial charge in [-0.15, -0.1) is 0 Å². The highest BCUT2D eigenvalue weighted by Crippen LogP contribution is 2.28. The van der Waals surface area contributed by atoms with E-state index in [1.165, 1.54) is 5.56 Å². The fraction of sp³-hybridized carbons (Fsp3) is 0.600. The molecule has 3 heteroatoms. The Morgan fingerprint density at radius 1 is 1.28 bits per heavy atom. The lowest BCUT2D eigenvalue weighted by atomic mass is 9.82. The molecule has 0 aliphatic rings. The largest absolute Gasteiger partial charge is 0.486 e. The summed E-state index contributed by atoms with van der Waals surface area (Å²) in [7, 11) is 0. The minimum atomic E-state index is -0.352. The van der Waals surface area contributed by atoms with Gasteiger partial charge in [0, 0.05) is 6.04 Å². The third-order valence-corrected chi connectivity index (χ3v) is 3.57. The fourth-order valence-electron chi connectivity index (χ4n) is 1.67. The van der Waals surface area contributed by atoms with Gasteiger partial charge < -0.3 is 15.6 Å². The lowest BCUT2D eigenvalue weighted by Crippen LogP contribution is -2.39. The van der Waals surface area contributed by atoms with Crippen molar-refractivity contribution in [3.05, 3.63) is 29.8 Å². The highest BCUT2D eigenvalue weighted by Gasteiger charge is 2.18. The highest BCUT2D eigenvalue weighted by atomic mass is 16.5. The van der Waals surface area contributed by atoms with Crippen molar-refractivity contribution < 1.29 is 9.84 Å². The van der Waals surface area contributed by atoms with Gasteiger partial charge in [-0.05, 0) is 36.5 Å². The lowest BCUT2D eigenvalue weighted by Gasteiger charge is -2.24. The molecular formula is C15H25NO2. The van der Waals surface area contributed by atoms with E-state index in [2.05, 4.69) is 32.9 Å². The fourth-order valence-corrected chi connectivity index (χ4v) is 1.67. The number of ether oxygens (including phenoxy) is 1. The Balaban J connectivity index is 2.77. The summed E-state index contributed by atoms with van der Waals surface area (Å²) in [6.07, 6.45) is 0.738. The third-order valence-electron chi connectivity index (χ3n) is 3.57. The van der Waals surface area contributed by atoms with Crippen LogP contribution in [0.5, 0.6) is 5.75 Å². The predicted molar refractivity (Wildman–Crippen MR) is 74.9 cm³/mol. The molecule has 1 aromatic carbocycles. The van der Waals surface area contributed by atoms with Gasteiger partial charge >= 0.3 is 0 Å². The van der Waals surface area contributed by atoms with Gasteiger partial charge in [0.25, 0.3) is 0 Å². The molecule has 2 unspecified atom stereocenters. The topological polar surface area (TPSA) is 55.5 Å². The van der Waals surface area contributed by atoms with Crippen LogP contribution in [-0.2, 0) is 5.41 Å². The Bertz CT molecular complexity index is 357. The summed E-state index contributed by atoms with van der Waals surface area (Å²) in [6, 6.07) is 7.85. The summed E-state index contributed by atoms with van der Waals surface area (Å²) in [6.45, 7) is 8.39. The van der Waals surface area contributed by atoms with E-state index < -0.39 is 0 Å². The number of rotatable bonds is 6. The van der Waals surface area contributed by atoms with Crippen molar-refractivity contribution in [1.29, 1.82) is 0 Å². The molecule has 0 radical (unpaired) electrons. The summed E-state index contributed by atoms with van der Waals surface area (Å²) in [5, 5.41) is 9.17. The molecule has 0 saturated heterocycles. The van der Waals surface area contributed by atoms with Crippen LogP contribution in [0.2, 0.25) is 0 Å². The molecule has 0 aliphatic carbocycles. The maximum absolute atomic E-state index is 9.17. The first-order chi connectivity index (χ1) is 8.40. The first-order valence-electron chi connectivity index (χ1n) is 6.54. The average molecular weight is 251 g/mol. The molecule has 1 aromatic rings. The van der Waals surface area contributed by atoms with Gasteiger partial charge in [0.1, 0.15) is 11.9 Å². The maximum atomic E-state index is 9.17. The van der Waals surface area contributed by atoms with Crippen molar-refractivity contribution in [2.24, 2.45) is 5.73 Å². The Kier molecular flexibility index (Phi) is 5.17. The summed E-state index contributed by atoms with van der Waals surface area (Å²) in [5.41, 5.74) is 7.20. The molecule has 18 heavy (non-hydrogen) atoms. The van der Waals surface area contributed by atoms with E-state index in [9.17, 15) is 5.11 Å². The second-order valence-corrected chi connectivity index (χ2v) is 5.46. The molecule has 3 N–H and O–H groups in total. The van der Waals surface area contributed by atoms with E-state index in [1.807, 2.05) is 19.1 Å². The van der Waals surface area contributed by atoms with E-state index in [-0.39, 0.29) is 24.2 Å². The van der Waals surface area contributed by atoms with E-state index in [4.69, 9.17) is 10.5 Å². The van der Waals surface area contributed by atoms with Crippen LogP contribution in [0.15, 0.2) is 24.3 Å². The second-order valence-electron chi connectivity index (χ2n) is 5.46. The molecule has 0 heterocycles. The zero-order valence-corrected chi connectivity index (χ0v) is 11.8. The molecular weight excluding hydrogens is 226 g/mol. The molecule has 0 spiro atoms. The molecule has 0 amide bonds. The predicted octanol–water partition coefficient (Wildman–Crippen LogP) is 2.46. The molecule has 2 atom stereocenters. The van der Waals surface area contributed by atoms with Crippen LogP contribution in [0.25, 0.3) is 0 Å². The Morgan fingerprint density at radius 3 is 2.22 bits per heavy atom. The van der Waals surface area contributed by atoms with Crippen molar-refractivity contribution >= 4 is 0 Å². The minimum absolute atomic E-state index is 0.0696. The molecule has 0 fully saturated rings. The number of hydrogen-bond acceptors (Lipinski definition) is 3. The molecule has 0 aromatic heterocycles. The smallest absolute Gasteiger partial charge is 0.136 e. The van der Waals surface area contributed by atoms with Crippen LogP contribution < -0.4 is 10.5 Å². The SMILES string of the molecule is CCC(C)(C)c1ccc(OC(CO)C(C)N)cc1. The molecule has 1 rings (SSSR count). The number of hydrogen-bond donors (Lipinski definition) is 2. The Morgan fingerprint density at radius 2 is 1.83 bits per heavy atom.